The van der Waals surface area contributed by atoms with E-state index in [1.165, 1.54) is 6.07 Å². The molecule has 8 nitrogen and oxygen atoms in total. The smallest absolute Gasteiger partial charge is 0.305 e. The second-order valence-electron chi connectivity index (χ2n) is 8.26. The fourth-order valence-corrected chi connectivity index (χ4v) is 3.90. The van der Waals surface area contributed by atoms with Crippen LogP contribution in [0.2, 0.25) is 0 Å². The number of aromatic nitrogens is 1. The van der Waals surface area contributed by atoms with Gasteiger partial charge in [-0.05, 0) is 30.7 Å². The summed E-state index contributed by atoms with van der Waals surface area (Å²) in [7, 11) is 0. The Kier molecular flexibility index (Phi) is 4.94. The minimum atomic E-state index is -1.03. The van der Waals surface area contributed by atoms with E-state index in [1.54, 1.807) is 0 Å². The number of carbonyl (C=O) groups excluding carboxylic acids is 2. The summed E-state index contributed by atoms with van der Waals surface area (Å²) in [5, 5.41) is 11.9. The van der Waals surface area contributed by atoms with Crippen molar-refractivity contribution in [3.05, 3.63) is 33.2 Å². The molecule has 0 atom stereocenters. The molecule has 2 aliphatic rings. The summed E-state index contributed by atoms with van der Waals surface area (Å²) in [6.07, 6.45) is 1.33. The Hall–Kier alpha value is -2.48. The number of ether oxygens (including phenoxy) is 1. The van der Waals surface area contributed by atoms with Gasteiger partial charge in [-0.3, -0.25) is 19.2 Å². The largest absolute Gasteiger partial charge is 0.481 e. The molecular weight excluding hydrogens is 352 g/mol. The van der Waals surface area contributed by atoms with Crippen LogP contribution in [0.3, 0.4) is 0 Å². The number of fused-ring (bicyclic) bond motifs is 1. The zero-order valence-corrected chi connectivity index (χ0v) is 15.5. The lowest BCUT2D eigenvalue weighted by molar-refractivity contribution is -0.139. The van der Waals surface area contributed by atoms with Gasteiger partial charge in [-0.15, -0.1) is 0 Å². The Morgan fingerprint density at radius 3 is 2.52 bits per heavy atom. The van der Waals surface area contributed by atoms with Gasteiger partial charge in [0.15, 0.2) is 5.78 Å². The third-order valence-electron chi connectivity index (χ3n) is 5.28. The maximum Gasteiger partial charge on any atom is 0.305 e. The summed E-state index contributed by atoms with van der Waals surface area (Å²) in [4.78, 5) is 51.6. The van der Waals surface area contributed by atoms with E-state index in [9.17, 15) is 24.3 Å². The van der Waals surface area contributed by atoms with E-state index >= 15 is 0 Å². The van der Waals surface area contributed by atoms with Gasteiger partial charge in [0, 0.05) is 30.9 Å². The molecule has 2 heterocycles. The molecule has 1 amide bonds. The van der Waals surface area contributed by atoms with Crippen LogP contribution in [0.1, 0.15) is 65.9 Å². The number of ketones is 1. The molecule has 1 fully saturated rings. The molecule has 27 heavy (non-hydrogen) atoms. The topological polar surface area (TPSA) is 126 Å². The van der Waals surface area contributed by atoms with E-state index in [-0.39, 0.29) is 23.2 Å². The molecule has 0 saturated carbocycles. The number of aromatic amines is 1. The lowest BCUT2D eigenvalue weighted by Gasteiger charge is -2.36. The maximum absolute atomic E-state index is 12.8. The second kappa shape index (κ2) is 6.92. The monoisotopic (exact) mass is 376 g/mol. The molecule has 0 spiro atoms. The zero-order valence-electron chi connectivity index (χ0n) is 15.5. The second-order valence-corrected chi connectivity index (χ2v) is 8.26. The fraction of sp³-hybridized carbons (Fsp3) is 0.579. The van der Waals surface area contributed by atoms with Crippen molar-refractivity contribution in [1.29, 1.82) is 0 Å². The first kappa shape index (κ1) is 19.3. The Bertz CT molecular complexity index is 848. The van der Waals surface area contributed by atoms with Gasteiger partial charge in [0.2, 0.25) is 0 Å². The van der Waals surface area contributed by atoms with Gasteiger partial charge in [0.25, 0.3) is 11.5 Å². The number of rotatable bonds is 4. The molecule has 0 aromatic carbocycles. The van der Waals surface area contributed by atoms with Crippen LogP contribution in [0.5, 0.6) is 0 Å². The van der Waals surface area contributed by atoms with Crippen molar-refractivity contribution < 1.29 is 24.2 Å². The molecule has 3 N–H and O–H groups in total. The van der Waals surface area contributed by atoms with Crippen molar-refractivity contribution >= 4 is 17.7 Å². The molecule has 1 aromatic rings. The third-order valence-corrected chi connectivity index (χ3v) is 5.28. The number of pyridine rings is 1. The summed E-state index contributed by atoms with van der Waals surface area (Å²) in [5.74, 6) is -1.81. The van der Waals surface area contributed by atoms with Crippen LogP contribution in [0, 0.1) is 5.41 Å². The van der Waals surface area contributed by atoms with E-state index in [0.717, 1.165) is 0 Å². The van der Waals surface area contributed by atoms with Crippen molar-refractivity contribution in [2.75, 3.05) is 13.2 Å². The molecule has 0 radical (unpaired) electrons. The molecule has 3 rings (SSSR count). The Balaban J connectivity index is 1.91. The van der Waals surface area contributed by atoms with E-state index in [1.807, 2.05) is 13.8 Å². The minimum Gasteiger partial charge on any atom is -0.481 e. The van der Waals surface area contributed by atoms with Gasteiger partial charge < -0.3 is 20.1 Å². The number of aliphatic carboxylic acids is 1. The predicted octanol–water partition coefficient (Wildman–Crippen LogP) is 1.28. The van der Waals surface area contributed by atoms with Crippen LogP contribution in [0.15, 0.2) is 10.9 Å². The van der Waals surface area contributed by atoms with Gasteiger partial charge in [0.1, 0.15) is 5.56 Å². The molecule has 1 saturated heterocycles. The van der Waals surface area contributed by atoms with E-state index < -0.39 is 23.0 Å². The highest BCUT2D eigenvalue weighted by molar-refractivity contribution is 6.02. The highest BCUT2D eigenvalue weighted by atomic mass is 16.5. The number of hydrogen-bond acceptors (Lipinski definition) is 5. The quantitative estimate of drug-likeness (QED) is 0.727. The number of hydrogen-bond donors (Lipinski definition) is 3. The highest BCUT2D eigenvalue weighted by Gasteiger charge is 2.38. The Morgan fingerprint density at radius 2 is 1.89 bits per heavy atom. The van der Waals surface area contributed by atoms with Crippen molar-refractivity contribution in [2.45, 2.75) is 51.5 Å². The maximum atomic E-state index is 12.8. The molecule has 0 bridgehead atoms. The number of carbonyl (C=O) groups is 3. The SMILES string of the molecule is CC1(C)CC(=O)c2cc(C(=O)NC3(CC(=O)O)CCOCC3)c(=O)[nH]c2C1. The van der Waals surface area contributed by atoms with Crippen molar-refractivity contribution in [2.24, 2.45) is 5.41 Å². The fourth-order valence-electron chi connectivity index (χ4n) is 3.90. The minimum absolute atomic E-state index is 0.113. The van der Waals surface area contributed by atoms with E-state index in [2.05, 4.69) is 10.3 Å². The summed E-state index contributed by atoms with van der Waals surface area (Å²) >= 11 is 0. The van der Waals surface area contributed by atoms with Crippen LogP contribution < -0.4 is 10.9 Å². The van der Waals surface area contributed by atoms with Crippen molar-refractivity contribution in [3.8, 4) is 0 Å². The van der Waals surface area contributed by atoms with Gasteiger partial charge >= 0.3 is 5.97 Å². The number of Topliss-reactive ketones (excluding diaryl/α,β-unsaturated/α-hetero) is 1. The first-order chi connectivity index (χ1) is 12.6. The van der Waals surface area contributed by atoms with Crippen LogP contribution in [0.4, 0.5) is 0 Å². The Labute approximate surface area is 156 Å². The standard InChI is InChI=1S/C19H24N2O6/c1-18(2)8-13-11(14(22)9-18)7-12(16(25)20-13)17(26)21-19(10-15(23)24)3-5-27-6-4-19/h7H,3-6,8-10H2,1-2H3,(H,20,25)(H,21,26)(H,23,24). The van der Waals surface area contributed by atoms with Crippen LogP contribution in [-0.4, -0.2) is 46.5 Å². The van der Waals surface area contributed by atoms with Gasteiger partial charge in [-0.25, -0.2) is 0 Å². The molecule has 1 aliphatic carbocycles. The van der Waals surface area contributed by atoms with Gasteiger partial charge in [-0.2, -0.15) is 0 Å². The zero-order chi connectivity index (χ0) is 19.8. The lowest BCUT2D eigenvalue weighted by atomic mass is 9.75. The van der Waals surface area contributed by atoms with Crippen LogP contribution in [0.25, 0.3) is 0 Å². The summed E-state index contributed by atoms with van der Waals surface area (Å²) in [5.41, 5.74) is -1.05. The van der Waals surface area contributed by atoms with Crippen LogP contribution >= 0.6 is 0 Å². The van der Waals surface area contributed by atoms with Crippen LogP contribution in [-0.2, 0) is 16.0 Å². The van der Waals surface area contributed by atoms with Gasteiger partial charge in [-0.1, -0.05) is 13.8 Å². The highest BCUT2D eigenvalue weighted by Crippen LogP contribution is 2.33. The number of H-pyrrole nitrogens is 1. The molecule has 146 valence electrons. The molecule has 1 aromatic heterocycles. The van der Waals surface area contributed by atoms with Crippen molar-refractivity contribution in [1.82, 2.24) is 10.3 Å². The average Bonchev–Trinajstić information content (AvgIpc) is 2.52. The molecule has 8 heteroatoms. The molecule has 1 aliphatic heterocycles. The number of carboxylic acids is 1. The first-order valence-corrected chi connectivity index (χ1v) is 9.02. The van der Waals surface area contributed by atoms with E-state index in [4.69, 9.17) is 4.74 Å². The Morgan fingerprint density at radius 1 is 1.22 bits per heavy atom. The third kappa shape index (κ3) is 4.10. The summed E-state index contributed by atoms with van der Waals surface area (Å²) < 4.78 is 5.27. The van der Waals surface area contributed by atoms with Gasteiger partial charge in [0.05, 0.1) is 12.0 Å². The van der Waals surface area contributed by atoms with E-state index in [0.29, 0.717) is 50.2 Å². The van der Waals surface area contributed by atoms with Crippen molar-refractivity contribution in [3.63, 3.8) is 0 Å². The molecular formula is C19H24N2O6. The summed E-state index contributed by atoms with van der Waals surface area (Å²) in [6, 6.07) is 1.34. The lowest BCUT2D eigenvalue weighted by Crippen LogP contribution is -2.54. The number of carboxylic acid groups (broad SMARTS) is 1. The molecule has 0 unspecified atom stereocenters. The first-order valence-electron chi connectivity index (χ1n) is 9.02. The number of nitrogens with one attached hydrogen (secondary N) is 2. The summed E-state index contributed by atoms with van der Waals surface area (Å²) in [6.45, 7) is 4.57. The average molecular weight is 376 g/mol. The predicted molar refractivity (Wildman–Crippen MR) is 96.0 cm³/mol. The number of amides is 1. The normalized spacial score (nSPS) is 20.6.